The number of carbonyl (C=O) groups excluding carboxylic acids is 2. The lowest BCUT2D eigenvalue weighted by Crippen LogP contribution is -2.35. The molecule has 1 rings (SSSR count). The summed E-state index contributed by atoms with van der Waals surface area (Å²) in [5.74, 6) is -1.61. The lowest BCUT2D eigenvalue weighted by atomic mass is 10.2. The molecule has 0 atom stereocenters. The van der Waals surface area contributed by atoms with Crippen molar-refractivity contribution in [2.45, 2.75) is 13.8 Å². The number of ether oxygens (including phenoxy) is 1. The van der Waals surface area contributed by atoms with E-state index < -0.39 is 11.8 Å². The van der Waals surface area contributed by atoms with Crippen LogP contribution in [-0.4, -0.2) is 36.5 Å². The Morgan fingerprint density at radius 3 is 2.67 bits per heavy atom. The number of hydrogen-bond donors (Lipinski definition) is 0. The van der Waals surface area contributed by atoms with Gasteiger partial charge < -0.3 is 9.64 Å². The number of hydrogen-bond acceptors (Lipinski definition) is 3. The van der Waals surface area contributed by atoms with E-state index in [9.17, 15) is 14.0 Å². The molecule has 0 aliphatic rings. The first-order valence-electron chi connectivity index (χ1n) is 6.39. The van der Waals surface area contributed by atoms with Gasteiger partial charge in [0.2, 0.25) is 0 Å². The van der Waals surface area contributed by atoms with Gasteiger partial charge in [-0.15, -0.1) is 0 Å². The van der Waals surface area contributed by atoms with Gasteiger partial charge in [0, 0.05) is 17.6 Å². The van der Waals surface area contributed by atoms with Gasteiger partial charge >= 0.3 is 5.97 Å². The van der Waals surface area contributed by atoms with Gasteiger partial charge in [0.25, 0.3) is 5.91 Å². The Kier molecular flexibility index (Phi) is 6.55. The van der Waals surface area contributed by atoms with E-state index in [0.29, 0.717) is 17.6 Å². The lowest BCUT2D eigenvalue weighted by molar-refractivity contribution is -0.133. The van der Waals surface area contributed by atoms with Crippen LogP contribution in [0.25, 0.3) is 0 Å². The second-order valence-electron chi connectivity index (χ2n) is 4.57. The molecular weight excluding hydrogens is 341 g/mol. The number of carbonyl (C=O) groups is 2. The number of amides is 1. The maximum atomic E-state index is 13.1. The smallest absolute Gasteiger partial charge is 0.339 e. The normalized spacial score (nSPS) is 10.1. The van der Waals surface area contributed by atoms with E-state index in [1.807, 2.05) is 13.8 Å². The van der Waals surface area contributed by atoms with Crippen LogP contribution in [0.4, 0.5) is 4.39 Å². The van der Waals surface area contributed by atoms with Crippen LogP contribution in [0.1, 0.15) is 24.2 Å². The predicted molar refractivity (Wildman–Crippen MR) is 81.5 cm³/mol. The highest BCUT2D eigenvalue weighted by molar-refractivity contribution is 9.10. The maximum absolute atomic E-state index is 13.1. The molecule has 4 nitrogen and oxygen atoms in total. The Balaban J connectivity index is 2.65. The molecule has 0 N–H and O–H groups in total. The van der Waals surface area contributed by atoms with Crippen molar-refractivity contribution in [2.24, 2.45) is 0 Å². The molecule has 0 heterocycles. The minimum atomic E-state index is -0.749. The molecule has 6 heteroatoms. The third-order valence-electron chi connectivity index (χ3n) is 2.67. The summed E-state index contributed by atoms with van der Waals surface area (Å²) in [6.45, 7) is 7.90. The minimum absolute atomic E-state index is 0.0470. The Hall–Kier alpha value is -1.69. The van der Waals surface area contributed by atoms with E-state index in [1.165, 1.54) is 17.0 Å². The van der Waals surface area contributed by atoms with Crippen LogP contribution in [0, 0.1) is 5.82 Å². The van der Waals surface area contributed by atoms with Crippen molar-refractivity contribution in [3.63, 3.8) is 0 Å². The van der Waals surface area contributed by atoms with Gasteiger partial charge in [0.1, 0.15) is 5.82 Å². The fourth-order valence-electron chi connectivity index (χ4n) is 1.65. The monoisotopic (exact) mass is 357 g/mol. The molecule has 0 spiro atoms. The molecule has 0 aliphatic heterocycles. The van der Waals surface area contributed by atoms with Crippen LogP contribution in [0.5, 0.6) is 0 Å². The van der Waals surface area contributed by atoms with Crippen LogP contribution in [0.2, 0.25) is 0 Å². The zero-order chi connectivity index (χ0) is 16.0. The molecule has 114 valence electrons. The summed E-state index contributed by atoms with van der Waals surface area (Å²) < 4.78 is 18.5. The number of esters is 1. The van der Waals surface area contributed by atoms with Gasteiger partial charge in [0.15, 0.2) is 6.61 Å². The maximum Gasteiger partial charge on any atom is 0.339 e. The van der Waals surface area contributed by atoms with Crippen molar-refractivity contribution in [3.8, 4) is 0 Å². The average Bonchev–Trinajstić information content (AvgIpc) is 2.44. The van der Waals surface area contributed by atoms with Crippen molar-refractivity contribution in [1.29, 1.82) is 0 Å². The molecule has 0 aliphatic carbocycles. The highest BCUT2D eigenvalue weighted by atomic mass is 79.9. The summed E-state index contributed by atoms with van der Waals surface area (Å²) in [6.07, 6.45) is 0. The zero-order valence-electron chi connectivity index (χ0n) is 12.0. The van der Waals surface area contributed by atoms with E-state index in [0.717, 1.165) is 11.6 Å². The first-order chi connectivity index (χ1) is 9.85. The Bertz CT molecular complexity index is 560. The van der Waals surface area contributed by atoms with Crippen LogP contribution in [-0.2, 0) is 9.53 Å². The molecule has 0 unspecified atom stereocenters. The Morgan fingerprint density at radius 1 is 1.43 bits per heavy atom. The number of likely N-dealkylation sites (N-methyl/N-ethyl adjacent to an activating group) is 1. The number of benzene rings is 1. The minimum Gasteiger partial charge on any atom is -0.452 e. The molecule has 1 amide bonds. The van der Waals surface area contributed by atoms with Gasteiger partial charge in [0.05, 0.1) is 5.56 Å². The summed E-state index contributed by atoms with van der Waals surface area (Å²) in [4.78, 5) is 25.3. The molecule has 0 fully saturated rings. The van der Waals surface area contributed by atoms with Crippen LogP contribution < -0.4 is 0 Å². The van der Waals surface area contributed by atoms with Crippen molar-refractivity contribution in [3.05, 3.63) is 46.2 Å². The average molecular weight is 358 g/mol. The molecular formula is C15H17BrFNO3. The predicted octanol–water partition coefficient (Wildman–Crippen LogP) is 3.17. The first-order valence-corrected chi connectivity index (χ1v) is 7.18. The molecule has 1 aromatic rings. The number of rotatable bonds is 6. The van der Waals surface area contributed by atoms with E-state index in [4.69, 9.17) is 4.74 Å². The van der Waals surface area contributed by atoms with Crippen molar-refractivity contribution >= 4 is 27.8 Å². The fraction of sp³-hybridized carbons (Fsp3) is 0.333. The second-order valence-corrected chi connectivity index (χ2v) is 5.42. The van der Waals surface area contributed by atoms with Crippen LogP contribution >= 0.6 is 15.9 Å². The number of nitrogens with zero attached hydrogens (tertiary/aromatic N) is 1. The summed E-state index contributed by atoms with van der Waals surface area (Å²) in [5.41, 5.74) is 0.884. The zero-order valence-corrected chi connectivity index (χ0v) is 13.6. The highest BCUT2D eigenvalue weighted by Crippen LogP contribution is 2.18. The van der Waals surface area contributed by atoms with Crippen molar-refractivity contribution in [1.82, 2.24) is 4.90 Å². The molecule has 21 heavy (non-hydrogen) atoms. The quantitative estimate of drug-likeness (QED) is 0.580. The first kappa shape index (κ1) is 17.4. The molecule has 0 bridgehead atoms. The van der Waals surface area contributed by atoms with E-state index >= 15 is 0 Å². The molecule has 0 saturated carbocycles. The number of halogens is 2. The third-order valence-corrected chi connectivity index (χ3v) is 3.36. The summed E-state index contributed by atoms with van der Waals surface area (Å²) in [6, 6.07) is 3.69. The van der Waals surface area contributed by atoms with Gasteiger partial charge in [-0.2, -0.15) is 0 Å². The van der Waals surface area contributed by atoms with Gasteiger partial charge in [-0.1, -0.05) is 12.2 Å². The van der Waals surface area contributed by atoms with Crippen molar-refractivity contribution in [2.75, 3.05) is 19.7 Å². The molecule has 0 saturated heterocycles. The van der Waals surface area contributed by atoms with E-state index in [2.05, 4.69) is 22.5 Å². The molecule has 1 aromatic carbocycles. The standard InChI is InChI=1S/C15H17BrFNO3/c1-4-18(8-10(2)3)14(19)9-21-15(20)12-7-11(17)5-6-13(12)16/h5-7H,2,4,8-9H2,1,3H3. The summed E-state index contributed by atoms with van der Waals surface area (Å²) in [5, 5.41) is 0. The van der Waals surface area contributed by atoms with E-state index in [-0.39, 0.29) is 18.1 Å². The van der Waals surface area contributed by atoms with Crippen molar-refractivity contribution < 1.29 is 18.7 Å². The fourth-order valence-corrected chi connectivity index (χ4v) is 2.06. The molecule has 0 radical (unpaired) electrons. The van der Waals surface area contributed by atoms with Crippen LogP contribution in [0.15, 0.2) is 34.8 Å². The highest BCUT2D eigenvalue weighted by Gasteiger charge is 2.17. The summed E-state index contributed by atoms with van der Waals surface area (Å²) >= 11 is 3.14. The Labute approximate surface area is 131 Å². The van der Waals surface area contributed by atoms with E-state index in [1.54, 1.807) is 0 Å². The van der Waals surface area contributed by atoms with Gasteiger partial charge in [-0.05, 0) is 48.0 Å². The van der Waals surface area contributed by atoms with Gasteiger partial charge in [-0.25, -0.2) is 9.18 Å². The third kappa shape index (κ3) is 5.30. The topological polar surface area (TPSA) is 46.6 Å². The summed E-state index contributed by atoms with van der Waals surface area (Å²) in [7, 11) is 0. The SMILES string of the molecule is C=C(C)CN(CC)C(=O)COC(=O)c1cc(F)ccc1Br. The largest absolute Gasteiger partial charge is 0.452 e. The lowest BCUT2D eigenvalue weighted by Gasteiger charge is -2.20. The second kappa shape index (κ2) is 7.93. The Morgan fingerprint density at radius 2 is 2.10 bits per heavy atom. The van der Waals surface area contributed by atoms with Gasteiger partial charge in [-0.3, -0.25) is 4.79 Å². The molecule has 0 aromatic heterocycles. The van der Waals surface area contributed by atoms with Crippen LogP contribution in [0.3, 0.4) is 0 Å².